The van der Waals surface area contributed by atoms with Gasteiger partial charge in [0.05, 0.1) is 12.6 Å². The number of hydrogen-bond donors (Lipinski definition) is 4. The SMILES string of the molecule is N[C@@H]1CO[C@H](O)[C@H](O)[C@@H]1O. The predicted octanol–water partition coefficient (Wildman–Crippen LogP) is -2.62. The van der Waals surface area contributed by atoms with Gasteiger partial charge in [-0.2, -0.15) is 0 Å². The van der Waals surface area contributed by atoms with Gasteiger partial charge in [-0.15, -0.1) is 0 Å². The summed E-state index contributed by atoms with van der Waals surface area (Å²) in [6.07, 6.45) is -3.69. The molecular formula is C5H11NO4. The van der Waals surface area contributed by atoms with E-state index in [1.807, 2.05) is 0 Å². The molecule has 5 N–H and O–H groups in total. The Bertz CT molecular complexity index is 106. The van der Waals surface area contributed by atoms with Crippen LogP contribution in [0.15, 0.2) is 0 Å². The Hall–Kier alpha value is -0.200. The average molecular weight is 149 g/mol. The van der Waals surface area contributed by atoms with E-state index in [2.05, 4.69) is 4.74 Å². The average Bonchev–Trinajstić information content (AvgIpc) is 1.93. The number of rotatable bonds is 0. The van der Waals surface area contributed by atoms with Gasteiger partial charge >= 0.3 is 0 Å². The second-order valence-electron chi connectivity index (χ2n) is 2.37. The number of nitrogens with two attached hydrogens (primary N) is 1. The monoisotopic (exact) mass is 149 g/mol. The third-order valence-corrected chi connectivity index (χ3v) is 1.54. The van der Waals surface area contributed by atoms with Crippen LogP contribution in [0.25, 0.3) is 0 Å². The molecule has 1 fully saturated rings. The van der Waals surface area contributed by atoms with E-state index in [9.17, 15) is 0 Å². The highest BCUT2D eigenvalue weighted by molar-refractivity contribution is 4.84. The molecule has 0 aliphatic carbocycles. The Balaban J connectivity index is 2.52. The van der Waals surface area contributed by atoms with Crippen molar-refractivity contribution in [2.24, 2.45) is 5.73 Å². The Morgan fingerprint density at radius 3 is 2.30 bits per heavy atom. The van der Waals surface area contributed by atoms with Gasteiger partial charge in [0, 0.05) is 0 Å². The van der Waals surface area contributed by atoms with Gasteiger partial charge in [-0.05, 0) is 0 Å². The van der Waals surface area contributed by atoms with E-state index in [0.29, 0.717) is 0 Å². The van der Waals surface area contributed by atoms with Crippen LogP contribution in [0, 0.1) is 0 Å². The fraction of sp³-hybridized carbons (Fsp3) is 1.00. The van der Waals surface area contributed by atoms with Crippen LogP contribution >= 0.6 is 0 Å². The Morgan fingerprint density at radius 1 is 1.20 bits per heavy atom. The van der Waals surface area contributed by atoms with Gasteiger partial charge < -0.3 is 25.8 Å². The van der Waals surface area contributed by atoms with E-state index in [0.717, 1.165) is 0 Å². The van der Waals surface area contributed by atoms with Crippen LogP contribution in [-0.2, 0) is 4.74 Å². The van der Waals surface area contributed by atoms with Crippen molar-refractivity contribution in [1.82, 2.24) is 0 Å². The molecule has 0 amide bonds. The summed E-state index contributed by atoms with van der Waals surface area (Å²) in [4.78, 5) is 0. The van der Waals surface area contributed by atoms with Gasteiger partial charge in [0.15, 0.2) is 6.29 Å². The fourth-order valence-electron chi connectivity index (χ4n) is 0.829. The van der Waals surface area contributed by atoms with E-state index in [1.54, 1.807) is 0 Å². The fourth-order valence-corrected chi connectivity index (χ4v) is 0.829. The maximum absolute atomic E-state index is 9.00. The van der Waals surface area contributed by atoms with Crippen molar-refractivity contribution in [3.63, 3.8) is 0 Å². The highest BCUT2D eigenvalue weighted by atomic mass is 16.6. The molecule has 1 aliphatic rings. The van der Waals surface area contributed by atoms with Crippen LogP contribution in [0.4, 0.5) is 0 Å². The molecule has 0 bridgehead atoms. The van der Waals surface area contributed by atoms with Gasteiger partial charge in [-0.1, -0.05) is 0 Å². The lowest BCUT2D eigenvalue weighted by Crippen LogP contribution is -2.56. The van der Waals surface area contributed by atoms with E-state index in [4.69, 9.17) is 21.1 Å². The van der Waals surface area contributed by atoms with Crippen LogP contribution < -0.4 is 5.73 Å². The van der Waals surface area contributed by atoms with Crippen LogP contribution in [0.2, 0.25) is 0 Å². The summed E-state index contributed by atoms with van der Waals surface area (Å²) in [5.41, 5.74) is 5.28. The van der Waals surface area contributed by atoms with Crippen LogP contribution in [0.5, 0.6) is 0 Å². The first-order chi connectivity index (χ1) is 4.63. The number of hydrogen-bond acceptors (Lipinski definition) is 5. The molecule has 0 unspecified atom stereocenters. The largest absolute Gasteiger partial charge is 0.388 e. The van der Waals surface area contributed by atoms with E-state index >= 15 is 0 Å². The molecular weight excluding hydrogens is 138 g/mol. The molecule has 1 rings (SSSR count). The molecule has 5 heteroatoms. The molecule has 0 radical (unpaired) electrons. The van der Waals surface area contributed by atoms with Gasteiger partial charge in [-0.3, -0.25) is 0 Å². The molecule has 5 nitrogen and oxygen atoms in total. The highest BCUT2D eigenvalue weighted by Gasteiger charge is 2.35. The normalized spacial score (nSPS) is 49.2. The molecule has 0 saturated carbocycles. The lowest BCUT2D eigenvalue weighted by molar-refractivity contribution is -0.225. The Kier molecular flexibility index (Phi) is 2.22. The van der Waals surface area contributed by atoms with E-state index in [-0.39, 0.29) is 6.61 Å². The van der Waals surface area contributed by atoms with Crippen LogP contribution in [0.1, 0.15) is 0 Å². The van der Waals surface area contributed by atoms with Gasteiger partial charge in [0.25, 0.3) is 0 Å². The zero-order valence-electron chi connectivity index (χ0n) is 5.34. The third-order valence-electron chi connectivity index (χ3n) is 1.54. The molecule has 60 valence electrons. The third kappa shape index (κ3) is 1.28. The lowest BCUT2D eigenvalue weighted by Gasteiger charge is -2.32. The second kappa shape index (κ2) is 2.81. The summed E-state index contributed by atoms with van der Waals surface area (Å²) in [7, 11) is 0. The maximum Gasteiger partial charge on any atom is 0.183 e. The maximum atomic E-state index is 9.00. The van der Waals surface area contributed by atoms with Crippen LogP contribution in [-0.4, -0.2) is 46.5 Å². The van der Waals surface area contributed by atoms with Crippen LogP contribution in [0.3, 0.4) is 0 Å². The summed E-state index contributed by atoms with van der Waals surface area (Å²) < 4.78 is 4.59. The second-order valence-corrected chi connectivity index (χ2v) is 2.37. The van der Waals surface area contributed by atoms with Gasteiger partial charge in [0.2, 0.25) is 0 Å². The van der Waals surface area contributed by atoms with Crippen molar-refractivity contribution in [3.8, 4) is 0 Å². The first kappa shape index (κ1) is 7.90. The summed E-state index contributed by atoms with van der Waals surface area (Å²) in [6, 6.07) is -0.613. The minimum Gasteiger partial charge on any atom is -0.388 e. The summed E-state index contributed by atoms with van der Waals surface area (Å²) >= 11 is 0. The predicted molar refractivity (Wildman–Crippen MR) is 31.9 cm³/mol. The van der Waals surface area contributed by atoms with Crippen molar-refractivity contribution in [1.29, 1.82) is 0 Å². The van der Waals surface area contributed by atoms with E-state index < -0.39 is 24.5 Å². The smallest absolute Gasteiger partial charge is 0.183 e. The summed E-state index contributed by atoms with van der Waals surface area (Å²) in [5.74, 6) is 0. The lowest BCUT2D eigenvalue weighted by atomic mass is 10.0. The number of aliphatic hydroxyl groups excluding tert-OH is 3. The first-order valence-corrected chi connectivity index (χ1v) is 3.04. The molecule has 0 spiro atoms. The summed E-state index contributed by atoms with van der Waals surface area (Å²) in [6.45, 7) is 0.0688. The summed E-state index contributed by atoms with van der Waals surface area (Å²) in [5, 5.41) is 26.7. The quantitative estimate of drug-likeness (QED) is 0.302. The Morgan fingerprint density at radius 2 is 1.80 bits per heavy atom. The molecule has 0 aromatic carbocycles. The number of ether oxygens (including phenoxy) is 1. The van der Waals surface area contributed by atoms with E-state index in [1.165, 1.54) is 0 Å². The minimum atomic E-state index is -1.31. The Labute approximate surface area is 58.0 Å². The van der Waals surface area contributed by atoms with Gasteiger partial charge in [-0.25, -0.2) is 0 Å². The standard InChI is InChI=1S/C5H11NO4/c6-2-1-10-5(9)4(8)3(2)7/h2-5,7-9H,1,6H2/t2-,3-,4-,5+/m1/s1. The molecule has 1 saturated heterocycles. The topological polar surface area (TPSA) is 95.9 Å². The minimum absolute atomic E-state index is 0.0688. The van der Waals surface area contributed by atoms with Crippen molar-refractivity contribution >= 4 is 0 Å². The molecule has 1 aliphatic heterocycles. The zero-order valence-corrected chi connectivity index (χ0v) is 5.34. The van der Waals surface area contributed by atoms with Crippen molar-refractivity contribution < 1.29 is 20.1 Å². The van der Waals surface area contributed by atoms with Crippen molar-refractivity contribution in [2.75, 3.05) is 6.61 Å². The first-order valence-electron chi connectivity index (χ1n) is 3.04. The zero-order chi connectivity index (χ0) is 7.72. The highest BCUT2D eigenvalue weighted by Crippen LogP contribution is 2.11. The molecule has 0 aromatic heterocycles. The van der Waals surface area contributed by atoms with Crippen molar-refractivity contribution in [3.05, 3.63) is 0 Å². The van der Waals surface area contributed by atoms with Crippen molar-refractivity contribution in [2.45, 2.75) is 24.5 Å². The molecule has 1 heterocycles. The molecule has 0 aromatic rings. The number of aliphatic hydroxyl groups is 3. The molecule has 4 atom stereocenters. The van der Waals surface area contributed by atoms with Gasteiger partial charge in [0.1, 0.15) is 12.2 Å². The molecule has 10 heavy (non-hydrogen) atoms.